The van der Waals surface area contributed by atoms with Crippen LogP contribution in [0.5, 0.6) is 0 Å². The molecule has 72 valence electrons. The van der Waals surface area contributed by atoms with Crippen LogP contribution in [0, 0.1) is 11.3 Å². The number of hydrogen-bond acceptors (Lipinski definition) is 2. The van der Waals surface area contributed by atoms with Gasteiger partial charge in [-0.05, 0) is 56.2 Å². The third kappa shape index (κ3) is 2.67. The van der Waals surface area contributed by atoms with E-state index < -0.39 is 0 Å². The highest BCUT2D eigenvalue weighted by molar-refractivity contribution is 9.11. The SMILES string of the molecule is N#Cc1cc(Br)c(NC(N)=S)c(Br)c1. The second-order valence-electron chi connectivity index (χ2n) is 2.42. The zero-order chi connectivity index (χ0) is 10.7. The molecule has 0 heterocycles. The highest BCUT2D eigenvalue weighted by atomic mass is 79.9. The number of rotatable bonds is 1. The van der Waals surface area contributed by atoms with E-state index in [4.69, 9.17) is 23.2 Å². The predicted molar refractivity (Wildman–Crippen MR) is 67.0 cm³/mol. The van der Waals surface area contributed by atoms with Crippen molar-refractivity contribution < 1.29 is 0 Å². The molecule has 1 aromatic rings. The van der Waals surface area contributed by atoms with Crippen LogP contribution in [0.25, 0.3) is 0 Å². The summed E-state index contributed by atoms with van der Waals surface area (Å²) < 4.78 is 1.47. The van der Waals surface area contributed by atoms with Crippen molar-refractivity contribution in [1.29, 1.82) is 5.26 Å². The molecular formula is C8H5Br2N3S. The van der Waals surface area contributed by atoms with E-state index >= 15 is 0 Å². The summed E-state index contributed by atoms with van der Waals surface area (Å²) in [4.78, 5) is 0. The van der Waals surface area contributed by atoms with Crippen molar-refractivity contribution in [3.63, 3.8) is 0 Å². The summed E-state index contributed by atoms with van der Waals surface area (Å²) in [5, 5.41) is 11.7. The summed E-state index contributed by atoms with van der Waals surface area (Å²) in [6, 6.07) is 5.41. The first-order chi connectivity index (χ1) is 6.54. The summed E-state index contributed by atoms with van der Waals surface area (Å²) >= 11 is 11.3. The Hall–Kier alpha value is -0.640. The first-order valence-electron chi connectivity index (χ1n) is 3.50. The fraction of sp³-hybridized carbons (Fsp3) is 0. The van der Waals surface area contributed by atoms with Gasteiger partial charge in [-0.3, -0.25) is 0 Å². The zero-order valence-electron chi connectivity index (χ0n) is 6.84. The lowest BCUT2D eigenvalue weighted by atomic mass is 10.2. The topological polar surface area (TPSA) is 61.8 Å². The molecule has 0 saturated heterocycles. The van der Waals surface area contributed by atoms with Gasteiger partial charge in [0.1, 0.15) is 0 Å². The molecule has 0 aliphatic heterocycles. The number of nitrogens with zero attached hydrogens (tertiary/aromatic N) is 1. The van der Waals surface area contributed by atoms with Crippen LogP contribution in [0.1, 0.15) is 5.56 Å². The van der Waals surface area contributed by atoms with Crippen LogP contribution in [0.3, 0.4) is 0 Å². The minimum atomic E-state index is 0.177. The molecule has 0 saturated carbocycles. The molecule has 1 rings (SSSR count). The molecule has 3 nitrogen and oxygen atoms in total. The highest BCUT2D eigenvalue weighted by Crippen LogP contribution is 2.32. The monoisotopic (exact) mass is 333 g/mol. The fourth-order valence-corrected chi connectivity index (χ4v) is 2.37. The molecule has 0 aromatic heterocycles. The number of hydrogen-bond donors (Lipinski definition) is 2. The van der Waals surface area contributed by atoms with Gasteiger partial charge in [0, 0.05) is 8.95 Å². The number of anilines is 1. The summed E-state index contributed by atoms with van der Waals surface area (Å²) in [6.07, 6.45) is 0. The van der Waals surface area contributed by atoms with Gasteiger partial charge in [0.05, 0.1) is 17.3 Å². The van der Waals surface area contributed by atoms with Gasteiger partial charge < -0.3 is 11.1 Å². The third-order valence-electron chi connectivity index (χ3n) is 1.42. The van der Waals surface area contributed by atoms with E-state index in [-0.39, 0.29) is 5.11 Å². The Morgan fingerprint density at radius 3 is 2.29 bits per heavy atom. The number of nitriles is 1. The fourth-order valence-electron chi connectivity index (χ4n) is 0.880. The minimum absolute atomic E-state index is 0.177. The Morgan fingerprint density at radius 1 is 1.43 bits per heavy atom. The van der Waals surface area contributed by atoms with Gasteiger partial charge in [0.15, 0.2) is 5.11 Å². The van der Waals surface area contributed by atoms with Crippen molar-refractivity contribution in [1.82, 2.24) is 0 Å². The standard InChI is InChI=1S/C8H5Br2N3S/c9-5-1-4(3-11)2-6(10)7(5)13-8(12)14/h1-2H,(H3,12,13,14). The van der Waals surface area contributed by atoms with Crippen LogP contribution in [0.2, 0.25) is 0 Å². The molecule has 14 heavy (non-hydrogen) atoms. The van der Waals surface area contributed by atoms with E-state index in [2.05, 4.69) is 37.2 Å². The zero-order valence-corrected chi connectivity index (χ0v) is 10.8. The Morgan fingerprint density at radius 2 is 1.93 bits per heavy atom. The van der Waals surface area contributed by atoms with Crippen LogP contribution in [-0.2, 0) is 0 Å². The lowest BCUT2D eigenvalue weighted by molar-refractivity contribution is 1.45. The Balaban J connectivity index is 3.19. The average molecular weight is 335 g/mol. The summed E-state index contributed by atoms with van der Waals surface area (Å²) in [6.45, 7) is 0. The maximum atomic E-state index is 8.70. The molecule has 0 spiro atoms. The lowest BCUT2D eigenvalue weighted by Gasteiger charge is -2.09. The normalized spacial score (nSPS) is 9.21. The van der Waals surface area contributed by atoms with Gasteiger partial charge in [-0.25, -0.2) is 0 Å². The Bertz CT molecular complexity index is 402. The highest BCUT2D eigenvalue weighted by Gasteiger charge is 2.07. The van der Waals surface area contributed by atoms with E-state index in [0.717, 1.165) is 14.6 Å². The molecule has 1 aromatic carbocycles. The molecule has 6 heteroatoms. The molecule has 3 N–H and O–H groups in total. The van der Waals surface area contributed by atoms with Crippen LogP contribution < -0.4 is 11.1 Å². The first-order valence-corrected chi connectivity index (χ1v) is 5.49. The summed E-state index contributed by atoms with van der Waals surface area (Å²) in [7, 11) is 0. The van der Waals surface area contributed by atoms with Crippen LogP contribution in [0.4, 0.5) is 5.69 Å². The van der Waals surface area contributed by atoms with Crippen LogP contribution >= 0.6 is 44.1 Å². The first kappa shape index (κ1) is 11.4. The second-order valence-corrected chi connectivity index (χ2v) is 4.56. The quantitative estimate of drug-likeness (QED) is 0.775. The predicted octanol–water partition coefficient (Wildman–Crippen LogP) is 2.74. The van der Waals surface area contributed by atoms with Crippen molar-refractivity contribution in [3.05, 3.63) is 26.6 Å². The molecule has 0 atom stereocenters. The second kappa shape index (κ2) is 4.73. The minimum Gasteiger partial charge on any atom is -0.376 e. The van der Waals surface area contributed by atoms with Crippen molar-refractivity contribution in [3.8, 4) is 6.07 Å². The number of nitrogens with one attached hydrogen (secondary N) is 1. The van der Waals surface area contributed by atoms with Crippen LogP contribution in [-0.4, -0.2) is 5.11 Å². The van der Waals surface area contributed by atoms with Crippen molar-refractivity contribution >= 4 is 54.9 Å². The lowest BCUT2D eigenvalue weighted by Crippen LogP contribution is -2.19. The molecule has 0 bridgehead atoms. The van der Waals surface area contributed by atoms with E-state index in [1.807, 2.05) is 6.07 Å². The van der Waals surface area contributed by atoms with Crippen molar-refractivity contribution in [2.75, 3.05) is 5.32 Å². The third-order valence-corrected chi connectivity index (χ3v) is 2.77. The maximum Gasteiger partial charge on any atom is 0.168 e. The largest absolute Gasteiger partial charge is 0.376 e. The van der Waals surface area contributed by atoms with Crippen molar-refractivity contribution in [2.45, 2.75) is 0 Å². The van der Waals surface area contributed by atoms with Gasteiger partial charge in [-0.15, -0.1) is 0 Å². The summed E-state index contributed by atoms with van der Waals surface area (Å²) in [5.74, 6) is 0. The Labute approximate surface area is 104 Å². The van der Waals surface area contributed by atoms with E-state index in [9.17, 15) is 0 Å². The van der Waals surface area contributed by atoms with Gasteiger partial charge in [-0.1, -0.05) is 0 Å². The van der Waals surface area contributed by atoms with Crippen molar-refractivity contribution in [2.24, 2.45) is 5.73 Å². The van der Waals surface area contributed by atoms with E-state index in [0.29, 0.717) is 5.56 Å². The van der Waals surface area contributed by atoms with Crippen LogP contribution in [0.15, 0.2) is 21.1 Å². The average Bonchev–Trinajstić information content (AvgIpc) is 2.10. The molecular weight excluding hydrogens is 330 g/mol. The van der Waals surface area contributed by atoms with Gasteiger partial charge in [0.25, 0.3) is 0 Å². The molecule has 0 radical (unpaired) electrons. The van der Waals surface area contributed by atoms with E-state index in [1.165, 1.54) is 0 Å². The summed E-state index contributed by atoms with van der Waals surface area (Å²) in [5.41, 5.74) is 6.62. The molecule has 0 aliphatic carbocycles. The number of halogens is 2. The maximum absolute atomic E-state index is 8.70. The van der Waals surface area contributed by atoms with Gasteiger partial charge >= 0.3 is 0 Å². The van der Waals surface area contributed by atoms with E-state index in [1.54, 1.807) is 12.1 Å². The number of nitrogens with two attached hydrogens (primary N) is 1. The molecule has 0 fully saturated rings. The van der Waals surface area contributed by atoms with Gasteiger partial charge in [-0.2, -0.15) is 5.26 Å². The Kier molecular flexibility index (Phi) is 3.86. The molecule has 0 aliphatic rings. The smallest absolute Gasteiger partial charge is 0.168 e. The molecule has 0 amide bonds. The molecule has 0 unspecified atom stereocenters. The number of benzene rings is 1. The number of thiocarbonyl (C=S) groups is 1. The van der Waals surface area contributed by atoms with Gasteiger partial charge in [0.2, 0.25) is 0 Å².